The molecule has 1 aliphatic rings. The zero-order valence-electron chi connectivity index (χ0n) is 11.1. The molecule has 0 aromatic heterocycles. The summed E-state index contributed by atoms with van der Waals surface area (Å²) in [5.74, 6) is 2.12. The molecule has 0 bridgehead atoms. The van der Waals surface area contributed by atoms with Gasteiger partial charge in [0.1, 0.15) is 0 Å². The molecule has 1 N–H and O–H groups in total. The lowest BCUT2D eigenvalue weighted by atomic mass is 10.0. The number of fused-ring (bicyclic) bond motifs is 1. The van der Waals surface area contributed by atoms with Crippen LogP contribution in [0.25, 0.3) is 0 Å². The number of benzene rings is 2. The van der Waals surface area contributed by atoms with Crippen molar-refractivity contribution >= 4 is 40.7 Å². The van der Waals surface area contributed by atoms with Crippen LogP contribution in [-0.2, 0) is 5.75 Å². The minimum absolute atomic E-state index is 0.279. The largest absolute Gasteiger partial charge is 0.376 e. The summed E-state index contributed by atoms with van der Waals surface area (Å²) in [7, 11) is 0. The summed E-state index contributed by atoms with van der Waals surface area (Å²) in [4.78, 5) is 0. The van der Waals surface area contributed by atoms with Gasteiger partial charge in [0.25, 0.3) is 0 Å². The number of rotatable bonds is 2. The van der Waals surface area contributed by atoms with E-state index in [-0.39, 0.29) is 6.04 Å². The van der Waals surface area contributed by atoms with Crippen LogP contribution in [0.15, 0.2) is 36.4 Å². The molecule has 1 atom stereocenters. The Balaban J connectivity index is 1.91. The average Bonchev–Trinajstić information content (AvgIpc) is 2.45. The molecule has 0 fully saturated rings. The molecule has 2 aromatic rings. The number of aryl methyl sites for hydroxylation is 1. The van der Waals surface area contributed by atoms with Gasteiger partial charge in [0.05, 0.1) is 16.8 Å². The van der Waals surface area contributed by atoms with Crippen LogP contribution in [0, 0.1) is 6.92 Å². The summed E-state index contributed by atoms with van der Waals surface area (Å²) in [6.45, 7) is 1.96. The van der Waals surface area contributed by atoms with Crippen molar-refractivity contribution in [1.29, 1.82) is 0 Å². The highest BCUT2D eigenvalue weighted by molar-refractivity contribution is 7.98. The molecule has 2 aromatic carbocycles. The van der Waals surface area contributed by atoms with Crippen LogP contribution in [0.1, 0.15) is 22.7 Å². The molecule has 0 spiro atoms. The van der Waals surface area contributed by atoms with Crippen molar-refractivity contribution in [2.24, 2.45) is 0 Å². The van der Waals surface area contributed by atoms with Crippen LogP contribution in [0.5, 0.6) is 0 Å². The van der Waals surface area contributed by atoms with E-state index in [0.717, 1.165) is 32.8 Å². The topological polar surface area (TPSA) is 12.0 Å². The van der Waals surface area contributed by atoms with Crippen LogP contribution < -0.4 is 5.32 Å². The highest BCUT2D eigenvalue weighted by Gasteiger charge is 2.20. The number of thioether (sulfide) groups is 1. The molecule has 1 nitrogen and oxygen atoms in total. The fourth-order valence-corrected chi connectivity index (χ4v) is 3.98. The van der Waals surface area contributed by atoms with Gasteiger partial charge in [-0.05, 0) is 35.7 Å². The van der Waals surface area contributed by atoms with E-state index in [1.54, 1.807) is 0 Å². The van der Waals surface area contributed by atoms with Gasteiger partial charge in [0, 0.05) is 16.5 Å². The first-order valence-electron chi connectivity index (χ1n) is 6.53. The Morgan fingerprint density at radius 3 is 2.80 bits per heavy atom. The molecule has 0 aliphatic carbocycles. The summed E-state index contributed by atoms with van der Waals surface area (Å²) < 4.78 is 0. The second-order valence-electron chi connectivity index (χ2n) is 4.99. The van der Waals surface area contributed by atoms with Gasteiger partial charge in [0.2, 0.25) is 0 Å². The lowest BCUT2D eigenvalue weighted by Gasteiger charge is -2.27. The summed E-state index contributed by atoms with van der Waals surface area (Å²) in [5.41, 5.74) is 4.67. The highest BCUT2D eigenvalue weighted by Crippen LogP contribution is 2.36. The van der Waals surface area contributed by atoms with Crippen LogP contribution in [0.2, 0.25) is 10.0 Å². The minimum Gasteiger partial charge on any atom is -0.376 e. The Morgan fingerprint density at radius 1 is 1.15 bits per heavy atom. The highest BCUT2D eigenvalue weighted by atomic mass is 35.5. The van der Waals surface area contributed by atoms with Gasteiger partial charge in [-0.2, -0.15) is 11.8 Å². The first-order chi connectivity index (χ1) is 9.65. The first-order valence-corrected chi connectivity index (χ1v) is 8.44. The Kier molecular flexibility index (Phi) is 4.16. The average molecular weight is 324 g/mol. The van der Waals surface area contributed by atoms with Gasteiger partial charge in [-0.25, -0.2) is 0 Å². The third-order valence-corrected chi connectivity index (χ3v) is 5.35. The number of hydrogen-bond donors (Lipinski definition) is 1. The van der Waals surface area contributed by atoms with E-state index in [9.17, 15) is 0 Å². The van der Waals surface area contributed by atoms with Crippen molar-refractivity contribution in [3.8, 4) is 0 Å². The maximum atomic E-state index is 6.32. The van der Waals surface area contributed by atoms with Crippen molar-refractivity contribution in [1.82, 2.24) is 0 Å². The molecular weight excluding hydrogens is 309 g/mol. The van der Waals surface area contributed by atoms with Crippen molar-refractivity contribution in [2.75, 3.05) is 11.1 Å². The predicted molar refractivity (Wildman–Crippen MR) is 90.2 cm³/mol. The molecule has 3 rings (SSSR count). The van der Waals surface area contributed by atoms with E-state index >= 15 is 0 Å². The fraction of sp³-hybridized carbons (Fsp3) is 0.250. The second kappa shape index (κ2) is 5.88. The molecule has 1 heterocycles. The molecule has 0 saturated heterocycles. The Morgan fingerprint density at radius 2 is 1.95 bits per heavy atom. The standard InChI is InChI=1S/C16H15Cl2NS/c1-10-6-14(18)15(7-13(10)17)19-16-9-20-8-11-4-2-3-5-12(11)16/h2-7,16,19H,8-9H2,1H3. The quantitative estimate of drug-likeness (QED) is 0.760. The summed E-state index contributed by atoms with van der Waals surface area (Å²) >= 11 is 14.5. The second-order valence-corrected chi connectivity index (χ2v) is 6.84. The van der Waals surface area contributed by atoms with E-state index in [1.165, 1.54) is 11.1 Å². The van der Waals surface area contributed by atoms with Gasteiger partial charge in [-0.15, -0.1) is 0 Å². The van der Waals surface area contributed by atoms with Gasteiger partial charge in [0.15, 0.2) is 0 Å². The summed E-state index contributed by atoms with van der Waals surface area (Å²) in [6, 6.07) is 12.7. The van der Waals surface area contributed by atoms with Gasteiger partial charge in [-0.1, -0.05) is 47.5 Å². The summed E-state index contributed by atoms with van der Waals surface area (Å²) in [6.07, 6.45) is 0. The number of nitrogens with one attached hydrogen (secondary N) is 1. The fourth-order valence-electron chi connectivity index (χ4n) is 2.45. The third-order valence-electron chi connectivity index (χ3n) is 3.55. The lowest BCUT2D eigenvalue weighted by Crippen LogP contribution is -2.18. The zero-order chi connectivity index (χ0) is 14.1. The van der Waals surface area contributed by atoms with Crippen LogP contribution in [0.4, 0.5) is 5.69 Å². The van der Waals surface area contributed by atoms with E-state index < -0.39 is 0 Å². The molecular formula is C16H15Cl2NS. The smallest absolute Gasteiger partial charge is 0.0641 e. The lowest BCUT2D eigenvalue weighted by molar-refractivity contribution is 0.871. The van der Waals surface area contributed by atoms with Crippen molar-refractivity contribution in [2.45, 2.75) is 18.7 Å². The third kappa shape index (κ3) is 2.78. The maximum Gasteiger partial charge on any atom is 0.0641 e. The van der Waals surface area contributed by atoms with Gasteiger partial charge in [-0.3, -0.25) is 0 Å². The van der Waals surface area contributed by atoms with Crippen LogP contribution >= 0.6 is 35.0 Å². The summed E-state index contributed by atoms with van der Waals surface area (Å²) in [5, 5.41) is 5.00. The van der Waals surface area contributed by atoms with Crippen molar-refractivity contribution in [3.05, 3.63) is 63.1 Å². The number of anilines is 1. The van der Waals surface area contributed by atoms with Crippen molar-refractivity contribution < 1.29 is 0 Å². The molecule has 0 amide bonds. The molecule has 1 unspecified atom stereocenters. The van der Waals surface area contributed by atoms with Gasteiger partial charge < -0.3 is 5.32 Å². The normalized spacial score (nSPS) is 17.6. The molecule has 1 aliphatic heterocycles. The van der Waals surface area contributed by atoms with Crippen LogP contribution in [-0.4, -0.2) is 5.75 Å². The zero-order valence-corrected chi connectivity index (χ0v) is 13.4. The molecule has 4 heteroatoms. The molecule has 104 valence electrons. The monoisotopic (exact) mass is 323 g/mol. The Labute approximate surface area is 133 Å². The molecule has 0 radical (unpaired) electrons. The minimum atomic E-state index is 0.279. The van der Waals surface area contributed by atoms with Crippen molar-refractivity contribution in [3.63, 3.8) is 0 Å². The Hall–Kier alpha value is -0.830. The van der Waals surface area contributed by atoms with E-state index in [0.29, 0.717) is 0 Å². The first kappa shape index (κ1) is 14.1. The SMILES string of the molecule is Cc1cc(Cl)c(NC2CSCc3ccccc32)cc1Cl. The maximum absolute atomic E-state index is 6.32. The molecule has 0 saturated carbocycles. The number of halogens is 2. The predicted octanol–water partition coefficient (Wildman–Crippen LogP) is 5.70. The van der Waals surface area contributed by atoms with E-state index in [2.05, 4.69) is 29.6 Å². The Bertz CT molecular complexity index is 642. The number of hydrogen-bond acceptors (Lipinski definition) is 2. The molecule has 20 heavy (non-hydrogen) atoms. The van der Waals surface area contributed by atoms with E-state index in [4.69, 9.17) is 23.2 Å². The van der Waals surface area contributed by atoms with E-state index in [1.807, 2.05) is 30.8 Å². The van der Waals surface area contributed by atoms with Crippen LogP contribution in [0.3, 0.4) is 0 Å². The van der Waals surface area contributed by atoms with Gasteiger partial charge >= 0.3 is 0 Å².